The number of para-hydroxylation sites is 1. The smallest absolute Gasteiger partial charge is 0.306 e. The van der Waals surface area contributed by atoms with Gasteiger partial charge in [-0.05, 0) is 25.0 Å². The molecule has 0 saturated carbocycles. The molecule has 0 aliphatic rings. The molecule has 0 atom stereocenters. The van der Waals surface area contributed by atoms with E-state index in [0.717, 1.165) is 12.8 Å². The van der Waals surface area contributed by atoms with E-state index < -0.39 is 4.92 Å². The second kappa shape index (κ2) is 6.91. The summed E-state index contributed by atoms with van der Waals surface area (Å²) in [5.41, 5.74) is 0.0114. The molecule has 0 radical (unpaired) electrons. The number of hydrogen-bond acceptors (Lipinski definition) is 4. The number of unbranched alkanes of at least 4 members (excludes halogenated alkanes) is 1. The first kappa shape index (κ1) is 14.3. The number of aryl methyl sites for hydroxylation is 1. The Labute approximate surface area is 121 Å². The molecule has 20 heavy (non-hydrogen) atoms. The van der Waals surface area contributed by atoms with Crippen LogP contribution < -0.4 is 4.74 Å². The van der Waals surface area contributed by atoms with Gasteiger partial charge < -0.3 is 4.74 Å². The lowest BCUT2D eigenvalue weighted by molar-refractivity contribution is -0.385. The van der Waals surface area contributed by atoms with Gasteiger partial charge in [0.15, 0.2) is 0 Å². The van der Waals surface area contributed by atoms with Crippen molar-refractivity contribution in [2.24, 2.45) is 0 Å². The van der Waals surface area contributed by atoms with Gasteiger partial charge in [-0.25, -0.2) is 0 Å². The van der Waals surface area contributed by atoms with E-state index in [9.17, 15) is 10.1 Å². The summed E-state index contributed by atoms with van der Waals surface area (Å²) in [7, 11) is 0. The Bertz CT molecular complexity index is 586. The average molecular weight is 296 g/mol. The molecule has 0 saturated heterocycles. The molecule has 0 aliphatic carbocycles. The van der Waals surface area contributed by atoms with Crippen LogP contribution in [0.3, 0.4) is 0 Å². The van der Waals surface area contributed by atoms with Crippen LogP contribution in [0.25, 0.3) is 0 Å². The monoisotopic (exact) mass is 295 g/mol. The van der Waals surface area contributed by atoms with Gasteiger partial charge in [-0.2, -0.15) is 5.10 Å². The number of rotatable bonds is 7. The number of halogens is 1. The number of nitrogens with zero attached hydrogens (tertiary/aromatic N) is 3. The second-order valence-corrected chi connectivity index (χ2v) is 4.61. The SMILES string of the molecule is O=[N+]([O-])c1cnn(CCCCOc2ccccc2Cl)c1. The highest BCUT2D eigenvalue weighted by atomic mass is 35.5. The summed E-state index contributed by atoms with van der Waals surface area (Å²) in [4.78, 5) is 10.0. The highest BCUT2D eigenvalue weighted by Gasteiger charge is 2.08. The molecule has 0 fully saturated rings. The van der Waals surface area contributed by atoms with Gasteiger partial charge in [-0.1, -0.05) is 23.7 Å². The minimum absolute atomic E-state index is 0.0114. The molecule has 106 valence electrons. The third-order valence-corrected chi connectivity index (χ3v) is 3.02. The van der Waals surface area contributed by atoms with Gasteiger partial charge in [0, 0.05) is 6.54 Å². The van der Waals surface area contributed by atoms with Crippen molar-refractivity contribution in [2.45, 2.75) is 19.4 Å². The summed E-state index contributed by atoms with van der Waals surface area (Å²) in [6.45, 7) is 1.17. The van der Waals surface area contributed by atoms with E-state index in [2.05, 4.69) is 5.10 Å². The fraction of sp³-hybridized carbons (Fsp3) is 0.308. The molecule has 0 bridgehead atoms. The first-order valence-corrected chi connectivity index (χ1v) is 6.59. The summed E-state index contributed by atoms with van der Waals surface area (Å²) >= 11 is 5.96. The van der Waals surface area contributed by atoms with E-state index >= 15 is 0 Å². The fourth-order valence-electron chi connectivity index (χ4n) is 1.69. The lowest BCUT2D eigenvalue weighted by atomic mass is 10.3. The molecule has 0 N–H and O–H groups in total. The topological polar surface area (TPSA) is 70.2 Å². The molecule has 0 aliphatic heterocycles. The molecule has 1 aromatic carbocycles. The standard InChI is InChI=1S/C13H14ClN3O3/c14-12-5-1-2-6-13(12)20-8-4-3-7-16-10-11(9-15-16)17(18)19/h1-2,5-6,9-10H,3-4,7-8H2. The van der Waals surface area contributed by atoms with Crippen LogP contribution in [-0.2, 0) is 6.54 Å². The number of hydrogen-bond donors (Lipinski definition) is 0. The van der Waals surface area contributed by atoms with E-state index in [1.54, 1.807) is 10.7 Å². The zero-order valence-corrected chi connectivity index (χ0v) is 11.5. The Kier molecular flexibility index (Phi) is 4.95. The maximum Gasteiger partial charge on any atom is 0.306 e. The van der Waals surface area contributed by atoms with Gasteiger partial charge in [-0.3, -0.25) is 14.8 Å². The predicted octanol–water partition coefficient (Wildman–Crippen LogP) is 3.30. The Balaban J connectivity index is 1.69. The van der Waals surface area contributed by atoms with E-state index in [4.69, 9.17) is 16.3 Å². The van der Waals surface area contributed by atoms with Gasteiger partial charge in [0.1, 0.15) is 18.1 Å². The quantitative estimate of drug-likeness (QED) is 0.446. The van der Waals surface area contributed by atoms with Crippen molar-refractivity contribution in [1.82, 2.24) is 9.78 Å². The largest absolute Gasteiger partial charge is 0.492 e. The maximum absolute atomic E-state index is 10.5. The van der Waals surface area contributed by atoms with Gasteiger partial charge >= 0.3 is 5.69 Å². The molecular formula is C13H14ClN3O3. The van der Waals surface area contributed by atoms with E-state index in [0.29, 0.717) is 23.9 Å². The van der Waals surface area contributed by atoms with Crippen LogP contribution in [0.1, 0.15) is 12.8 Å². The molecule has 0 unspecified atom stereocenters. The van der Waals surface area contributed by atoms with E-state index in [-0.39, 0.29) is 5.69 Å². The Morgan fingerprint density at radius 3 is 2.85 bits per heavy atom. The minimum Gasteiger partial charge on any atom is -0.492 e. The van der Waals surface area contributed by atoms with Crippen molar-refractivity contribution >= 4 is 17.3 Å². The predicted molar refractivity (Wildman–Crippen MR) is 75.1 cm³/mol. The molecule has 6 nitrogen and oxygen atoms in total. The molecule has 0 amide bonds. The zero-order valence-electron chi connectivity index (χ0n) is 10.7. The lowest BCUT2D eigenvalue weighted by Gasteiger charge is -2.07. The number of ether oxygens (including phenoxy) is 1. The van der Waals surface area contributed by atoms with Crippen molar-refractivity contribution in [1.29, 1.82) is 0 Å². The Morgan fingerprint density at radius 1 is 1.35 bits per heavy atom. The van der Waals surface area contributed by atoms with Crippen molar-refractivity contribution < 1.29 is 9.66 Å². The molecule has 0 spiro atoms. The number of nitro groups is 1. The molecule has 1 heterocycles. The van der Waals surface area contributed by atoms with Crippen molar-refractivity contribution in [3.8, 4) is 5.75 Å². The molecule has 7 heteroatoms. The third-order valence-electron chi connectivity index (χ3n) is 2.71. The summed E-state index contributed by atoms with van der Waals surface area (Å²) in [6, 6.07) is 7.31. The summed E-state index contributed by atoms with van der Waals surface area (Å²) in [5.74, 6) is 0.670. The van der Waals surface area contributed by atoms with Crippen LogP contribution in [0, 0.1) is 10.1 Å². The van der Waals surface area contributed by atoms with Crippen LogP contribution in [0.4, 0.5) is 5.69 Å². The molecule has 2 rings (SSSR count). The van der Waals surface area contributed by atoms with Crippen molar-refractivity contribution in [2.75, 3.05) is 6.61 Å². The third kappa shape index (κ3) is 3.96. The Hall–Kier alpha value is -2.08. The normalized spacial score (nSPS) is 10.4. The van der Waals surface area contributed by atoms with Crippen LogP contribution in [0.2, 0.25) is 5.02 Å². The molecule has 2 aromatic rings. The van der Waals surface area contributed by atoms with Crippen LogP contribution in [0.5, 0.6) is 5.75 Å². The minimum atomic E-state index is -0.454. The average Bonchev–Trinajstić information content (AvgIpc) is 2.89. The van der Waals surface area contributed by atoms with Crippen molar-refractivity contribution in [3.63, 3.8) is 0 Å². The number of aromatic nitrogens is 2. The molecule has 1 aromatic heterocycles. The number of benzene rings is 1. The van der Waals surface area contributed by atoms with Crippen LogP contribution in [-0.4, -0.2) is 21.3 Å². The Morgan fingerprint density at radius 2 is 2.15 bits per heavy atom. The van der Waals surface area contributed by atoms with Crippen molar-refractivity contribution in [3.05, 3.63) is 51.8 Å². The van der Waals surface area contributed by atoms with Gasteiger partial charge in [0.2, 0.25) is 0 Å². The van der Waals surface area contributed by atoms with Crippen LogP contribution in [0.15, 0.2) is 36.7 Å². The summed E-state index contributed by atoms with van der Waals surface area (Å²) in [6.07, 6.45) is 4.32. The first-order valence-electron chi connectivity index (χ1n) is 6.21. The summed E-state index contributed by atoms with van der Waals surface area (Å²) in [5, 5.41) is 15.0. The highest BCUT2D eigenvalue weighted by molar-refractivity contribution is 6.32. The lowest BCUT2D eigenvalue weighted by Crippen LogP contribution is -2.02. The second-order valence-electron chi connectivity index (χ2n) is 4.20. The fourth-order valence-corrected chi connectivity index (χ4v) is 1.88. The van der Waals surface area contributed by atoms with Gasteiger partial charge in [0.05, 0.1) is 16.6 Å². The van der Waals surface area contributed by atoms with Gasteiger partial charge in [-0.15, -0.1) is 0 Å². The van der Waals surface area contributed by atoms with E-state index in [1.165, 1.54) is 12.4 Å². The highest BCUT2D eigenvalue weighted by Crippen LogP contribution is 2.23. The zero-order chi connectivity index (χ0) is 14.4. The molecular weight excluding hydrogens is 282 g/mol. The summed E-state index contributed by atoms with van der Waals surface area (Å²) < 4.78 is 7.11. The maximum atomic E-state index is 10.5. The van der Waals surface area contributed by atoms with E-state index in [1.807, 2.05) is 18.2 Å². The van der Waals surface area contributed by atoms with Crippen LogP contribution >= 0.6 is 11.6 Å². The van der Waals surface area contributed by atoms with Gasteiger partial charge in [0.25, 0.3) is 0 Å². The first-order chi connectivity index (χ1) is 9.66.